The van der Waals surface area contributed by atoms with Crippen LogP contribution >= 0.6 is 23.2 Å². The molecule has 3 aromatic rings. The van der Waals surface area contributed by atoms with E-state index in [4.69, 9.17) is 37.2 Å². The smallest absolute Gasteiger partial charge is 0.278 e. The summed E-state index contributed by atoms with van der Waals surface area (Å²) in [4.78, 5) is 12.6. The van der Waals surface area contributed by atoms with Crippen LogP contribution in [-0.2, 0) is 6.61 Å². The van der Waals surface area contributed by atoms with Crippen LogP contribution in [0.4, 0.5) is 5.69 Å². The van der Waals surface area contributed by atoms with E-state index in [0.29, 0.717) is 32.8 Å². The molecule has 0 aliphatic carbocycles. The van der Waals surface area contributed by atoms with Crippen molar-refractivity contribution in [1.82, 2.24) is 5.16 Å². The van der Waals surface area contributed by atoms with Crippen molar-refractivity contribution in [2.24, 2.45) is 0 Å². The lowest BCUT2D eigenvalue weighted by molar-refractivity contribution is 0.101. The van der Waals surface area contributed by atoms with Crippen LogP contribution in [0.5, 0.6) is 11.5 Å². The molecule has 1 heterocycles. The number of aryl methyl sites for hydroxylation is 1. The zero-order valence-corrected chi connectivity index (χ0v) is 16.1. The molecule has 0 aliphatic heterocycles. The van der Waals surface area contributed by atoms with Gasteiger partial charge >= 0.3 is 0 Å². The predicted octanol–water partition coefficient (Wildman–Crippen LogP) is 5.13. The Bertz CT molecular complexity index is 935. The number of amides is 1. The first-order valence-electron chi connectivity index (χ1n) is 7.95. The van der Waals surface area contributed by atoms with Gasteiger partial charge in [-0.1, -0.05) is 28.4 Å². The monoisotopic (exact) mass is 406 g/mol. The fourth-order valence-electron chi connectivity index (χ4n) is 2.38. The molecule has 6 nitrogen and oxygen atoms in total. The second-order valence-corrected chi connectivity index (χ2v) is 6.52. The lowest BCUT2D eigenvalue weighted by Gasteiger charge is -2.08. The van der Waals surface area contributed by atoms with E-state index in [1.807, 2.05) is 0 Å². The molecule has 0 bridgehead atoms. The van der Waals surface area contributed by atoms with Crippen LogP contribution < -0.4 is 14.8 Å². The Kier molecular flexibility index (Phi) is 5.88. The molecule has 0 spiro atoms. The average Bonchev–Trinajstić information content (AvgIpc) is 3.00. The van der Waals surface area contributed by atoms with Gasteiger partial charge in [0.1, 0.15) is 23.9 Å². The number of nitrogens with zero attached hydrogens (tertiary/aromatic N) is 1. The molecule has 140 valence electrons. The van der Waals surface area contributed by atoms with Gasteiger partial charge < -0.3 is 19.3 Å². The van der Waals surface area contributed by atoms with E-state index in [1.54, 1.807) is 56.5 Å². The fourth-order valence-corrected chi connectivity index (χ4v) is 2.91. The number of hydrogen-bond donors (Lipinski definition) is 1. The zero-order valence-electron chi connectivity index (χ0n) is 14.6. The Hall–Kier alpha value is -2.70. The highest BCUT2D eigenvalue weighted by molar-refractivity contribution is 6.35. The number of hydrogen-bond acceptors (Lipinski definition) is 5. The molecule has 27 heavy (non-hydrogen) atoms. The standard InChI is InChI=1S/C19H16Cl2N2O4/c1-11-17(10-26-16-5-3-15(25-2)4-6-16)18(23-27-11)19(24)22-14-8-12(20)7-13(21)9-14/h3-9H,10H2,1-2H3,(H,22,24). The van der Waals surface area contributed by atoms with Gasteiger partial charge in [-0.2, -0.15) is 0 Å². The summed E-state index contributed by atoms with van der Waals surface area (Å²) in [6.07, 6.45) is 0. The van der Waals surface area contributed by atoms with Crippen molar-refractivity contribution in [3.63, 3.8) is 0 Å². The summed E-state index contributed by atoms with van der Waals surface area (Å²) in [5, 5.41) is 7.38. The van der Waals surface area contributed by atoms with Crippen LogP contribution in [0.1, 0.15) is 21.8 Å². The van der Waals surface area contributed by atoms with Crippen molar-refractivity contribution >= 4 is 34.8 Å². The summed E-state index contributed by atoms with van der Waals surface area (Å²) in [6.45, 7) is 1.84. The number of nitrogens with one attached hydrogen (secondary N) is 1. The molecule has 1 amide bonds. The van der Waals surface area contributed by atoms with Gasteiger partial charge in [0, 0.05) is 15.7 Å². The molecule has 1 aromatic heterocycles. The molecular weight excluding hydrogens is 391 g/mol. The van der Waals surface area contributed by atoms with Gasteiger partial charge in [0.25, 0.3) is 5.91 Å². The van der Waals surface area contributed by atoms with Crippen LogP contribution in [0, 0.1) is 6.92 Å². The Morgan fingerprint density at radius 3 is 2.37 bits per heavy atom. The third-order valence-electron chi connectivity index (χ3n) is 3.76. The first-order valence-corrected chi connectivity index (χ1v) is 8.71. The first kappa shape index (κ1) is 19.1. The van der Waals surface area contributed by atoms with E-state index < -0.39 is 5.91 Å². The molecule has 0 atom stereocenters. The third-order valence-corrected chi connectivity index (χ3v) is 4.20. The van der Waals surface area contributed by atoms with E-state index in [2.05, 4.69) is 10.5 Å². The highest BCUT2D eigenvalue weighted by Gasteiger charge is 2.21. The lowest BCUT2D eigenvalue weighted by Crippen LogP contribution is -2.15. The van der Waals surface area contributed by atoms with Crippen LogP contribution in [0.25, 0.3) is 0 Å². The number of ether oxygens (including phenoxy) is 2. The topological polar surface area (TPSA) is 73.6 Å². The highest BCUT2D eigenvalue weighted by atomic mass is 35.5. The number of carbonyl (C=O) groups is 1. The van der Waals surface area contributed by atoms with E-state index >= 15 is 0 Å². The molecule has 1 N–H and O–H groups in total. The SMILES string of the molecule is COc1ccc(OCc2c(C(=O)Nc3cc(Cl)cc(Cl)c3)noc2C)cc1. The third kappa shape index (κ3) is 4.72. The molecule has 8 heteroatoms. The second-order valence-electron chi connectivity index (χ2n) is 5.64. The van der Waals surface area contributed by atoms with Crippen LogP contribution in [-0.4, -0.2) is 18.2 Å². The maximum atomic E-state index is 12.6. The van der Waals surface area contributed by atoms with E-state index in [-0.39, 0.29) is 12.3 Å². The molecule has 0 saturated carbocycles. The summed E-state index contributed by atoms with van der Waals surface area (Å²) in [5.41, 5.74) is 1.15. The summed E-state index contributed by atoms with van der Waals surface area (Å²) in [6, 6.07) is 11.9. The van der Waals surface area contributed by atoms with Crippen molar-refractivity contribution in [1.29, 1.82) is 0 Å². The summed E-state index contributed by atoms with van der Waals surface area (Å²) in [5.74, 6) is 1.41. The number of aromatic nitrogens is 1. The highest BCUT2D eigenvalue weighted by Crippen LogP contribution is 2.24. The van der Waals surface area contributed by atoms with E-state index in [0.717, 1.165) is 5.75 Å². The molecule has 0 fully saturated rings. The van der Waals surface area contributed by atoms with Gasteiger partial charge in [-0.05, 0) is 49.4 Å². The summed E-state index contributed by atoms with van der Waals surface area (Å²) in [7, 11) is 1.59. The molecule has 3 rings (SSSR count). The molecule has 2 aromatic carbocycles. The number of anilines is 1. The van der Waals surface area contributed by atoms with Gasteiger partial charge in [-0.3, -0.25) is 4.79 Å². The summed E-state index contributed by atoms with van der Waals surface area (Å²) >= 11 is 11.9. The minimum absolute atomic E-state index is 0.126. The van der Waals surface area contributed by atoms with Gasteiger partial charge in [0.15, 0.2) is 5.69 Å². The van der Waals surface area contributed by atoms with Gasteiger partial charge in [-0.25, -0.2) is 0 Å². The number of carbonyl (C=O) groups excluding carboxylic acids is 1. The van der Waals surface area contributed by atoms with E-state index in [9.17, 15) is 4.79 Å². The number of halogens is 2. The van der Waals surface area contributed by atoms with Crippen LogP contribution in [0.15, 0.2) is 47.0 Å². The average molecular weight is 407 g/mol. The minimum atomic E-state index is -0.446. The Morgan fingerprint density at radius 2 is 1.74 bits per heavy atom. The first-order chi connectivity index (χ1) is 13.0. The molecule has 0 saturated heterocycles. The number of methoxy groups -OCH3 is 1. The maximum Gasteiger partial charge on any atom is 0.278 e. The van der Waals surface area contributed by atoms with Crippen molar-refractivity contribution in [3.8, 4) is 11.5 Å². The summed E-state index contributed by atoms with van der Waals surface area (Å²) < 4.78 is 16.0. The normalized spacial score (nSPS) is 10.5. The largest absolute Gasteiger partial charge is 0.497 e. The molecule has 0 unspecified atom stereocenters. The van der Waals surface area contributed by atoms with Gasteiger partial charge in [0.05, 0.1) is 12.7 Å². The van der Waals surface area contributed by atoms with Gasteiger partial charge in [0.2, 0.25) is 0 Å². The minimum Gasteiger partial charge on any atom is -0.497 e. The Labute approximate surface area is 166 Å². The van der Waals surface area contributed by atoms with Crippen molar-refractivity contribution in [2.75, 3.05) is 12.4 Å². The van der Waals surface area contributed by atoms with Crippen LogP contribution in [0.3, 0.4) is 0 Å². The van der Waals surface area contributed by atoms with Crippen molar-refractivity contribution < 1.29 is 18.8 Å². The lowest BCUT2D eigenvalue weighted by atomic mass is 10.2. The number of rotatable bonds is 6. The molecular formula is C19H16Cl2N2O4. The fraction of sp³-hybridized carbons (Fsp3) is 0.158. The molecule has 0 aliphatic rings. The van der Waals surface area contributed by atoms with Gasteiger partial charge in [-0.15, -0.1) is 0 Å². The number of benzene rings is 2. The van der Waals surface area contributed by atoms with Crippen molar-refractivity contribution in [3.05, 3.63) is 69.5 Å². The second kappa shape index (κ2) is 8.33. The Balaban J connectivity index is 1.73. The zero-order chi connectivity index (χ0) is 19.4. The predicted molar refractivity (Wildman–Crippen MR) is 103 cm³/mol. The van der Waals surface area contributed by atoms with Crippen LogP contribution in [0.2, 0.25) is 10.0 Å². The van der Waals surface area contributed by atoms with E-state index in [1.165, 1.54) is 0 Å². The van der Waals surface area contributed by atoms with Crippen molar-refractivity contribution in [2.45, 2.75) is 13.5 Å². The molecule has 0 radical (unpaired) electrons. The quantitative estimate of drug-likeness (QED) is 0.613. The Morgan fingerprint density at radius 1 is 1.11 bits per heavy atom. The maximum absolute atomic E-state index is 12.6.